The quantitative estimate of drug-likeness (QED) is 0.607. The van der Waals surface area contributed by atoms with Crippen molar-refractivity contribution in [2.75, 3.05) is 5.32 Å². The number of nitrogens with one attached hydrogen (secondary N) is 1. The Morgan fingerprint density at radius 1 is 1.13 bits per heavy atom. The number of halogens is 1. The Morgan fingerprint density at radius 2 is 1.83 bits per heavy atom. The molecule has 0 spiro atoms. The number of benzene rings is 2. The SMILES string of the molecule is CC(=O)Nc1cnc(-c2ccc(C3(N)CC(C)(O)C3)c(F)c2)c(-c2ccccc2)c1. The van der Waals surface area contributed by atoms with E-state index in [1.54, 1.807) is 25.3 Å². The van der Waals surface area contributed by atoms with Gasteiger partial charge in [0.2, 0.25) is 5.91 Å². The molecular formula is C24H24FN3O2. The summed E-state index contributed by atoms with van der Waals surface area (Å²) in [5, 5.41) is 12.8. The molecule has 1 saturated carbocycles. The summed E-state index contributed by atoms with van der Waals surface area (Å²) in [6.07, 6.45) is 2.19. The molecule has 1 aliphatic carbocycles. The molecule has 30 heavy (non-hydrogen) atoms. The van der Waals surface area contributed by atoms with Crippen LogP contribution in [0.4, 0.5) is 10.1 Å². The number of anilines is 1. The Hall–Kier alpha value is -3.09. The molecule has 0 radical (unpaired) electrons. The molecule has 4 N–H and O–H groups in total. The molecule has 0 atom stereocenters. The molecule has 1 aliphatic rings. The number of nitrogens with zero attached hydrogens (tertiary/aromatic N) is 1. The van der Waals surface area contributed by atoms with E-state index in [9.17, 15) is 9.90 Å². The van der Waals surface area contributed by atoms with Gasteiger partial charge in [0.15, 0.2) is 0 Å². The molecule has 0 bridgehead atoms. The van der Waals surface area contributed by atoms with Crippen molar-refractivity contribution in [3.05, 3.63) is 72.2 Å². The fourth-order valence-corrected chi connectivity index (χ4v) is 4.37. The highest BCUT2D eigenvalue weighted by atomic mass is 19.1. The standard InChI is InChI=1S/C24H24FN3O2/c1-15(29)28-18-11-19(16-6-4-3-5-7-16)22(27-12-18)17-8-9-20(21(25)10-17)24(26)13-23(2,30)14-24/h3-12,30H,13-14,26H2,1-2H3,(H,28,29). The lowest BCUT2D eigenvalue weighted by Crippen LogP contribution is -2.58. The number of aromatic nitrogens is 1. The summed E-state index contributed by atoms with van der Waals surface area (Å²) in [5.74, 6) is -0.610. The summed E-state index contributed by atoms with van der Waals surface area (Å²) >= 11 is 0. The van der Waals surface area contributed by atoms with Crippen molar-refractivity contribution in [3.8, 4) is 22.4 Å². The van der Waals surface area contributed by atoms with Crippen molar-refractivity contribution >= 4 is 11.6 Å². The van der Waals surface area contributed by atoms with E-state index in [1.807, 2.05) is 36.4 Å². The molecule has 1 fully saturated rings. The minimum Gasteiger partial charge on any atom is -0.390 e. The predicted octanol–water partition coefficient (Wildman–Crippen LogP) is 4.21. The molecular weight excluding hydrogens is 381 g/mol. The molecule has 0 saturated heterocycles. The van der Waals surface area contributed by atoms with Gasteiger partial charge < -0.3 is 16.2 Å². The van der Waals surface area contributed by atoms with Crippen molar-refractivity contribution in [1.82, 2.24) is 4.98 Å². The van der Waals surface area contributed by atoms with Crippen molar-refractivity contribution < 1.29 is 14.3 Å². The number of rotatable bonds is 4. The van der Waals surface area contributed by atoms with Crippen LogP contribution in [0, 0.1) is 5.82 Å². The Labute approximate surface area is 174 Å². The van der Waals surface area contributed by atoms with Crippen LogP contribution in [0.3, 0.4) is 0 Å². The number of carbonyl (C=O) groups excluding carboxylic acids is 1. The lowest BCUT2D eigenvalue weighted by molar-refractivity contribution is -0.114. The van der Waals surface area contributed by atoms with Crippen LogP contribution < -0.4 is 11.1 Å². The number of amides is 1. The fraction of sp³-hybridized carbons (Fsp3) is 0.250. The van der Waals surface area contributed by atoms with Gasteiger partial charge in [-0.05, 0) is 37.5 Å². The second-order valence-corrected chi connectivity index (χ2v) is 8.37. The summed E-state index contributed by atoms with van der Waals surface area (Å²) in [6, 6.07) is 16.4. The highest BCUT2D eigenvalue weighted by Gasteiger charge is 2.50. The maximum Gasteiger partial charge on any atom is 0.221 e. The van der Waals surface area contributed by atoms with Crippen molar-refractivity contribution in [2.45, 2.75) is 37.8 Å². The second-order valence-electron chi connectivity index (χ2n) is 8.37. The molecule has 0 aliphatic heterocycles. The lowest BCUT2D eigenvalue weighted by Gasteiger charge is -2.49. The van der Waals surface area contributed by atoms with Crippen LogP contribution in [0.15, 0.2) is 60.8 Å². The molecule has 3 aromatic rings. The van der Waals surface area contributed by atoms with E-state index in [4.69, 9.17) is 5.73 Å². The number of aliphatic hydroxyl groups is 1. The summed E-state index contributed by atoms with van der Waals surface area (Å²) in [5.41, 5.74) is 8.46. The Balaban J connectivity index is 1.77. The highest BCUT2D eigenvalue weighted by molar-refractivity contribution is 5.91. The number of hydrogen-bond acceptors (Lipinski definition) is 4. The van der Waals surface area contributed by atoms with Crippen molar-refractivity contribution in [2.24, 2.45) is 5.73 Å². The van der Waals surface area contributed by atoms with Gasteiger partial charge in [0.1, 0.15) is 5.82 Å². The number of hydrogen-bond donors (Lipinski definition) is 3. The van der Waals surface area contributed by atoms with Gasteiger partial charge in [-0.2, -0.15) is 0 Å². The average molecular weight is 405 g/mol. The van der Waals surface area contributed by atoms with Gasteiger partial charge in [-0.25, -0.2) is 4.39 Å². The van der Waals surface area contributed by atoms with Gasteiger partial charge in [-0.15, -0.1) is 0 Å². The Kier molecular flexibility index (Phi) is 4.92. The largest absolute Gasteiger partial charge is 0.390 e. The van der Waals surface area contributed by atoms with E-state index >= 15 is 4.39 Å². The van der Waals surface area contributed by atoms with Crippen LogP contribution in [-0.4, -0.2) is 21.6 Å². The number of nitrogens with two attached hydrogens (primary N) is 1. The van der Waals surface area contributed by atoms with Crippen molar-refractivity contribution in [1.29, 1.82) is 0 Å². The van der Waals surface area contributed by atoms with Crippen LogP contribution in [-0.2, 0) is 10.3 Å². The topological polar surface area (TPSA) is 88.2 Å². The summed E-state index contributed by atoms with van der Waals surface area (Å²) in [7, 11) is 0. The Morgan fingerprint density at radius 3 is 2.43 bits per heavy atom. The van der Waals surface area contributed by atoms with Gasteiger partial charge in [-0.3, -0.25) is 9.78 Å². The zero-order valence-electron chi connectivity index (χ0n) is 16.9. The summed E-state index contributed by atoms with van der Waals surface area (Å²) in [4.78, 5) is 16.0. The van der Waals surface area contributed by atoms with Crippen LogP contribution >= 0.6 is 0 Å². The third-order valence-electron chi connectivity index (χ3n) is 5.46. The van der Waals surface area contributed by atoms with Gasteiger partial charge in [0.25, 0.3) is 0 Å². The summed E-state index contributed by atoms with van der Waals surface area (Å²) < 4.78 is 15.0. The van der Waals surface area contributed by atoms with Crippen LogP contribution in [0.5, 0.6) is 0 Å². The molecule has 0 unspecified atom stereocenters. The van der Waals surface area contributed by atoms with Crippen LogP contribution in [0.25, 0.3) is 22.4 Å². The van der Waals surface area contributed by atoms with Gasteiger partial charge >= 0.3 is 0 Å². The van der Waals surface area contributed by atoms with E-state index in [0.29, 0.717) is 35.3 Å². The maximum atomic E-state index is 15.0. The molecule has 6 heteroatoms. The van der Waals surface area contributed by atoms with Crippen molar-refractivity contribution in [3.63, 3.8) is 0 Å². The van der Waals surface area contributed by atoms with Gasteiger partial charge in [0, 0.05) is 29.2 Å². The number of pyridine rings is 1. The molecule has 2 aromatic carbocycles. The number of carbonyl (C=O) groups is 1. The molecule has 1 heterocycles. The average Bonchev–Trinajstić information content (AvgIpc) is 2.66. The van der Waals surface area contributed by atoms with E-state index < -0.39 is 17.0 Å². The van der Waals surface area contributed by atoms with Crippen LogP contribution in [0.1, 0.15) is 32.3 Å². The first kappa shape index (κ1) is 20.2. The molecule has 4 rings (SSSR count). The van der Waals surface area contributed by atoms with Gasteiger partial charge in [-0.1, -0.05) is 42.5 Å². The fourth-order valence-electron chi connectivity index (χ4n) is 4.37. The van der Waals surface area contributed by atoms with E-state index in [2.05, 4.69) is 10.3 Å². The third kappa shape index (κ3) is 3.84. The highest BCUT2D eigenvalue weighted by Crippen LogP contribution is 2.47. The smallest absolute Gasteiger partial charge is 0.221 e. The van der Waals surface area contributed by atoms with E-state index in [-0.39, 0.29) is 5.91 Å². The first-order valence-corrected chi connectivity index (χ1v) is 9.82. The first-order valence-electron chi connectivity index (χ1n) is 9.82. The zero-order chi connectivity index (χ0) is 21.5. The first-order chi connectivity index (χ1) is 14.2. The van der Waals surface area contributed by atoms with E-state index in [1.165, 1.54) is 13.0 Å². The maximum absolute atomic E-state index is 15.0. The monoisotopic (exact) mass is 405 g/mol. The minimum atomic E-state index is -0.864. The lowest BCUT2D eigenvalue weighted by atomic mass is 9.63. The van der Waals surface area contributed by atoms with Crippen LogP contribution in [0.2, 0.25) is 0 Å². The molecule has 1 amide bonds. The Bertz CT molecular complexity index is 1100. The van der Waals surface area contributed by atoms with E-state index in [0.717, 1.165) is 11.1 Å². The zero-order valence-corrected chi connectivity index (χ0v) is 16.9. The summed E-state index contributed by atoms with van der Waals surface area (Å²) in [6.45, 7) is 3.14. The molecule has 5 nitrogen and oxygen atoms in total. The molecule has 1 aromatic heterocycles. The molecule has 154 valence electrons. The van der Waals surface area contributed by atoms with Gasteiger partial charge in [0.05, 0.1) is 23.2 Å². The third-order valence-corrected chi connectivity index (χ3v) is 5.46. The normalized spacial score (nSPS) is 23.0. The minimum absolute atomic E-state index is 0.191. The predicted molar refractivity (Wildman–Crippen MR) is 115 cm³/mol. The second kappa shape index (κ2) is 7.31.